The fraction of sp³-hybridized carbons (Fsp3) is 0.294. The van der Waals surface area contributed by atoms with Gasteiger partial charge in [0.25, 0.3) is 0 Å². The topological polar surface area (TPSA) is 29.5 Å². The standard InChI is InChI=1S/C17H19BrO2/c1-3-10-20-15-8-5-13(6-9-15)17(19)16-11-14(18)7-4-12(16)2/h4-9,11,17,19H,3,10H2,1-2H3. The van der Waals surface area contributed by atoms with Crippen molar-refractivity contribution in [2.45, 2.75) is 26.4 Å². The van der Waals surface area contributed by atoms with Gasteiger partial charge in [0.2, 0.25) is 0 Å². The monoisotopic (exact) mass is 334 g/mol. The normalized spacial score (nSPS) is 12.2. The van der Waals surface area contributed by atoms with Gasteiger partial charge in [0.1, 0.15) is 11.9 Å². The molecule has 3 heteroatoms. The molecule has 2 nitrogen and oxygen atoms in total. The van der Waals surface area contributed by atoms with E-state index in [9.17, 15) is 5.11 Å². The zero-order valence-corrected chi connectivity index (χ0v) is 13.4. The molecular weight excluding hydrogens is 316 g/mol. The molecule has 0 amide bonds. The van der Waals surface area contributed by atoms with E-state index in [0.717, 1.165) is 33.3 Å². The van der Waals surface area contributed by atoms with E-state index in [4.69, 9.17) is 4.74 Å². The van der Waals surface area contributed by atoms with Crippen LogP contribution in [0.15, 0.2) is 46.9 Å². The summed E-state index contributed by atoms with van der Waals surface area (Å²) in [4.78, 5) is 0. The molecule has 0 spiro atoms. The molecule has 0 fully saturated rings. The number of aliphatic hydroxyl groups is 1. The molecule has 0 aliphatic rings. The second-order valence-electron chi connectivity index (χ2n) is 4.82. The van der Waals surface area contributed by atoms with Gasteiger partial charge in [-0.3, -0.25) is 0 Å². The van der Waals surface area contributed by atoms with Crippen LogP contribution in [0, 0.1) is 6.92 Å². The van der Waals surface area contributed by atoms with Crippen LogP contribution in [0.4, 0.5) is 0 Å². The van der Waals surface area contributed by atoms with E-state index in [1.807, 2.05) is 49.4 Å². The summed E-state index contributed by atoms with van der Waals surface area (Å²) in [6.07, 6.45) is 0.370. The predicted molar refractivity (Wildman–Crippen MR) is 85.2 cm³/mol. The predicted octanol–water partition coefficient (Wildman–Crippen LogP) is 4.63. The summed E-state index contributed by atoms with van der Waals surface area (Å²) in [5, 5.41) is 10.5. The van der Waals surface area contributed by atoms with Crippen molar-refractivity contribution >= 4 is 15.9 Å². The minimum atomic E-state index is -0.618. The van der Waals surface area contributed by atoms with E-state index in [0.29, 0.717) is 6.61 Å². The molecule has 1 atom stereocenters. The fourth-order valence-electron chi connectivity index (χ4n) is 2.05. The lowest BCUT2D eigenvalue weighted by molar-refractivity contribution is 0.219. The molecule has 2 rings (SSSR count). The highest BCUT2D eigenvalue weighted by molar-refractivity contribution is 9.10. The van der Waals surface area contributed by atoms with Gasteiger partial charge in [-0.05, 0) is 54.3 Å². The number of rotatable bonds is 5. The van der Waals surface area contributed by atoms with Gasteiger partial charge in [0.15, 0.2) is 0 Å². The first kappa shape index (κ1) is 15.1. The van der Waals surface area contributed by atoms with Crippen molar-refractivity contribution in [1.29, 1.82) is 0 Å². The van der Waals surface area contributed by atoms with Crippen molar-refractivity contribution in [3.05, 3.63) is 63.6 Å². The average Bonchev–Trinajstić information content (AvgIpc) is 2.47. The fourth-order valence-corrected chi connectivity index (χ4v) is 2.43. The Balaban J connectivity index is 2.20. The molecule has 1 N–H and O–H groups in total. The summed E-state index contributed by atoms with van der Waals surface area (Å²) in [6, 6.07) is 13.6. The number of hydrogen-bond acceptors (Lipinski definition) is 2. The average molecular weight is 335 g/mol. The van der Waals surface area contributed by atoms with Crippen LogP contribution in [-0.2, 0) is 0 Å². The molecule has 0 heterocycles. The smallest absolute Gasteiger partial charge is 0.119 e. The summed E-state index contributed by atoms with van der Waals surface area (Å²) in [7, 11) is 0. The first-order valence-electron chi connectivity index (χ1n) is 6.78. The number of aliphatic hydroxyl groups excluding tert-OH is 1. The molecule has 0 saturated carbocycles. The summed E-state index contributed by atoms with van der Waals surface area (Å²) in [5.74, 6) is 0.841. The van der Waals surface area contributed by atoms with Crippen molar-refractivity contribution in [2.24, 2.45) is 0 Å². The maximum Gasteiger partial charge on any atom is 0.119 e. The van der Waals surface area contributed by atoms with Crippen LogP contribution >= 0.6 is 15.9 Å². The highest BCUT2D eigenvalue weighted by Gasteiger charge is 2.13. The van der Waals surface area contributed by atoms with Crippen molar-refractivity contribution in [1.82, 2.24) is 0 Å². The molecular formula is C17H19BrO2. The molecule has 0 radical (unpaired) electrons. The minimum Gasteiger partial charge on any atom is -0.494 e. The molecule has 2 aromatic carbocycles. The Morgan fingerprint density at radius 2 is 1.85 bits per heavy atom. The van der Waals surface area contributed by atoms with Crippen molar-refractivity contribution in [3.8, 4) is 5.75 Å². The zero-order valence-electron chi connectivity index (χ0n) is 11.8. The summed E-state index contributed by atoms with van der Waals surface area (Å²) in [6.45, 7) is 4.80. The van der Waals surface area contributed by atoms with Gasteiger partial charge in [-0.2, -0.15) is 0 Å². The third-order valence-electron chi connectivity index (χ3n) is 3.20. The Bertz CT molecular complexity index is 564. The summed E-state index contributed by atoms with van der Waals surface area (Å²) < 4.78 is 6.52. The molecule has 0 aliphatic heterocycles. The number of ether oxygens (including phenoxy) is 1. The van der Waals surface area contributed by atoms with Gasteiger partial charge in [0.05, 0.1) is 6.61 Å². The third-order valence-corrected chi connectivity index (χ3v) is 3.70. The lowest BCUT2D eigenvalue weighted by Crippen LogP contribution is -2.02. The minimum absolute atomic E-state index is 0.618. The molecule has 106 valence electrons. The Kier molecular flexibility index (Phi) is 5.21. The van der Waals surface area contributed by atoms with Crippen molar-refractivity contribution < 1.29 is 9.84 Å². The van der Waals surface area contributed by atoms with Crippen LogP contribution in [0.1, 0.15) is 36.1 Å². The number of hydrogen-bond donors (Lipinski definition) is 1. The Morgan fingerprint density at radius 1 is 1.15 bits per heavy atom. The zero-order chi connectivity index (χ0) is 14.5. The van der Waals surface area contributed by atoms with E-state index >= 15 is 0 Å². The summed E-state index contributed by atoms with van der Waals surface area (Å²) in [5.41, 5.74) is 2.86. The third kappa shape index (κ3) is 3.62. The number of aryl methyl sites for hydroxylation is 1. The Morgan fingerprint density at radius 3 is 2.50 bits per heavy atom. The van der Waals surface area contributed by atoms with E-state index in [2.05, 4.69) is 22.9 Å². The van der Waals surface area contributed by atoms with E-state index < -0.39 is 6.10 Å². The van der Waals surface area contributed by atoms with Crippen molar-refractivity contribution in [3.63, 3.8) is 0 Å². The van der Waals surface area contributed by atoms with Crippen LogP contribution in [0.3, 0.4) is 0 Å². The van der Waals surface area contributed by atoms with E-state index in [-0.39, 0.29) is 0 Å². The lowest BCUT2D eigenvalue weighted by atomic mass is 9.97. The van der Waals surface area contributed by atoms with Crippen LogP contribution in [0.5, 0.6) is 5.75 Å². The van der Waals surface area contributed by atoms with Gasteiger partial charge in [-0.25, -0.2) is 0 Å². The van der Waals surface area contributed by atoms with Gasteiger partial charge in [0, 0.05) is 4.47 Å². The molecule has 1 unspecified atom stereocenters. The second-order valence-corrected chi connectivity index (χ2v) is 5.74. The molecule has 0 aromatic heterocycles. The number of benzene rings is 2. The molecule has 0 saturated heterocycles. The quantitative estimate of drug-likeness (QED) is 0.863. The van der Waals surface area contributed by atoms with E-state index in [1.165, 1.54) is 0 Å². The molecule has 20 heavy (non-hydrogen) atoms. The molecule has 0 aliphatic carbocycles. The van der Waals surface area contributed by atoms with Gasteiger partial charge >= 0.3 is 0 Å². The van der Waals surface area contributed by atoms with Gasteiger partial charge in [-0.1, -0.05) is 41.1 Å². The molecule has 2 aromatic rings. The second kappa shape index (κ2) is 6.91. The lowest BCUT2D eigenvalue weighted by Gasteiger charge is -2.15. The highest BCUT2D eigenvalue weighted by atomic mass is 79.9. The SMILES string of the molecule is CCCOc1ccc(C(O)c2cc(Br)ccc2C)cc1. The van der Waals surface area contributed by atoms with Crippen LogP contribution in [0.25, 0.3) is 0 Å². The first-order chi connectivity index (χ1) is 9.61. The van der Waals surface area contributed by atoms with Gasteiger partial charge in [-0.15, -0.1) is 0 Å². The van der Waals surface area contributed by atoms with E-state index in [1.54, 1.807) is 0 Å². The van der Waals surface area contributed by atoms with Crippen LogP contribution in [0.2, 0.25) is 0 Å². The maximum absolute atomic E-state index is 10.5. The highest BCUT2D eigenvalue weighted by Crippen LogP contribution is 2.28. The van der Waals surface area contributed by atoms with Crippen LogP contribution < -0.4 is 4.74 Å². The number of halogens is 1. The van der Waals surface area contributed by atoms with Gasteiger partial charge < -0.3 is 9.84 Å². The van der Waals surface area contributed by atoms with Crippen molar-refractivity contribution in [2.75, 3.05) is 6.61 Å². The van der Waals surface area contributed by atoms with Crippen LogP contribution in [-0.4, -0.2) is 11.7 Å². The maximum atomic E-state index is 10.5. The molecule has 0 bridgehead atoms. The Hall–Kier alpha value is -1.32. The largest absolute Gasteiger partial charge is 0.494 e. The first-order valence-corrected chi connectivity index (χ1v) is 7.58. The Labute approximate surface area is 128 Å². The summed E-state index contributed by atoms with van der Waals surface area (Å²) >= 11 is 3.45.